The minimum atomic E-state index is -0.503. The number of nitrogens with zero attached hydrogens (tertiary/aromatic N) is 1. The van der Waals surface area contributed by atoms with Crippen LogP contribution in [0.25, 0.3) is 0 Å². The average molecular weight is 312 g/mol. The van der Waals surface area contributed by atoms with Gasteiger partial charge in [0.15, 0.2) is 0 Å². The second-order valence-electron chi connectivity index (χ2n) is 3.94. The molecule has 1 aromatic carbocycles. The fourth-order valence-corrected chi connectivity index (χ4v) is 2.57. The number of anilines is 1. The highest BCUT2D eigenvalue weighted by atomic mass is 35.5. The Balaban J connectivity index is 2.14. The highest BCUT2D eigenvalue weighted by Crippen LogP contribution is 2.28. The van der Waals surface area contributed by atoms with E-state index in [1.165, 1.54) is 17.4 Å². The van der Waals surface area contributed by atoms with E-state index in [9.17, 15) is 14.9 Å². The molecule has 0 aliphatic carbocycles. The zero-order valence-electron chi connectivity index (χ0n) is 10.1. The van der Waals surface area contributed by atoms with Crippen molar-refractivity contribution in [3.63, 3.8) is 0 Å². The van der Waals surface area contributed by atoms with Crippen molar-refractivity contribution in [2.45, 2.75) is 6.54 Å². The Morgan fingerprint density at radius 1 is 1.45 bits per heavy atom. The third-order valence-corrected chi connectivity index (χ3v) is 3.72. The molecular formula is C12H10ClN3O3S. The largest absolute Gasteiger partial charge is 0.375 e. The molecule has 0 atom stereocenters. The lowest BCUT2D eigenvalue weighted by Crippen LogP contribution is -2.09. The summed E-state index contributed by atoms with van der Waals surface area (Å²) in [6.45, 7) is 0.362. The smallest absolute Gasteiger partial charge is 0.293 e. The van der Waals surface area contributed by atoms with E-state index in [1.807, 2.05) is 0 Å². The van der Waals surface area contributed by atoms with Crippen molar-refractivity contribution in [1.82, 2.24) is 0 Å². The Labute approximate surface area is 123 Å². The first-order valence-electron chi connectivity index (χ1n) is 5.52. The quantitative estimate of drug-likeness (QED) is 0.655. The molecule has 0 aliphatic rings. The number of hydrogen-bond acceptors (Lipinski definition) is 5. The van der Waals surface area contributed by atoms with E-state index in [2.05, 4.69) is 5.32 Å². The molecule has 104 valence electrons. The zero-order valence-corrected chi connectivity index (χ0v) is 11.7. The molecule has 0 radical (unpaired) electrons. The molecule has 0 saturated carbocycles. The van der Waals surface area contributed by atoms with Crippen LogP contribution < -0.4 is 11.1 Å². The number of hydrogen-bond donors (Lipinski definition) is 2. The Kier molecular flexibility index (Phi) is 4.21. The van der Waals surface area contributed by atoms with E-state index in [1.54, 1.807) is 23.6 Å². The first-order chi connectivity index (χ1) is 9.47. The van der Waals surface area contributed by atoms with Crippen LogP contribution >= 0.6 is 22.9 Å². The van der Waals surface area contributed by atoms with Crippen LogP contribution in [0, 0.1) is 10.1 Å². The minimum absolute atomic E-state index is 0.0934. The molecule has 1 aromatic heterocycles. The fourth-order valence-electron chi connectivity index (χ4n) is 1.59. The minimum Gasteiger partial charge on any atom is -0.375 e. The number of halogens is 1. The second kappa shape index (κ2) is 5.89. The molecular weight excluding hydrogens is 302 g/mol. The van der Waals surface area contributed by atoms with Gasteiger partial charge in [0.25, 0.3) is 5.69 Å². The number of amides is 1. The van der Waals surface area contributed by atoms with Crippen LogP contribution in [0.5, 0.6) is 0 Å². The van der Waals surface area contributed by atoms with Crippen molar-refractivity contribution in [2.24, 2.45) is 5.73 Å². The van der Waals surface area contributed by atoms with Crippen molar-refractivity contribution in [1.29, 1.82) is 0 Å². The third kappa shape index (κ3) is 3.25. The molecule has 20 heavy (non-hydrogen) atoms. The number of nitrogens with two attached hydrogens (primary N) is 1. The van der Waals surface area contributed by atoms with Gasteiger partial charge >= 0.3 is 0 Å². The van der Waals surface area contributed by atoms with E-state index < -0.39 is 10.8 Å². The van der Waals surface area contributed by atoms with Crippen LogP contribution in [-0.4, -0.2) is 10.8 Å². The van der Waals surface area contributed by atoms with Gasteiger partial charge in [-0.3, -0.25) is 14.9 Å². The normalized spacial score (nSPS) is 10.2. The molecule has 0 bridgehead atoms. The highest BCUT2D eigenvalue weighted by Gasteiger charge is 2.14. The number of nitro benzene ring substituents is 1. The van der Waals surface area contributed by atoms with Crippen molar-refractivity contribution in [3.05, 3.63) is 55.2 Å². The Morgan fingerprint density at radius 3 is 2.80 bits per heavy atom. The summed E-state index contributed by atoms with van der Waals surface area (Å²) in [7, 11) is 0. The standard InChI is InChI=1S/C12H10ClN3O3S/c13-8-1-2-10(11(4-8)16(18)19)15-5-9-3-7(6-20-9)12(14)17/h1-4,6,15H,5H2,(H2,14,17). The van der Waals surface area contributed by atoms with Gasteiger partial charge in [0.05, 0.1) is 10.5 Å². The number of nitro groups is 1. The number of carbonyl (C=O) groups is 1. The van der Waals surface area contributed by atoms with Crippen molar-refractivity contribution in [3.8, 4) is 0 Å². The molecule has 2 rings (SSSR count). The molecule has 6 nitrogen and oxygen atoms in total. The molecule has 3 N–H and O–H groups in total. The first-order valence-corrected chi connectivity index (χ1v) is 6.78. The molecule has 0 saturated heterocycles. The maximum absolute atomic E-state index is 11.0. The third-order valence-electron chi connectivity index (χ3n) is 2.55. The molecule has 0 unspecified atom stereocenters. The summed E-state index contributed by atoms with van der Waals surface area (Å²) in [4.78, 5) is 22.2. The number of benzene rings is 1. The van der Waals surface area contributed by atoms with E-state index in [-0.39, 0.29) is 5.69 Å². The first kappa shape index (κ1) is 14.3. The summed E-state index contributed by atoms with van der Waals surface area (Å²) in [5.41, 5.74) is 5.86. The van der Waals surface area contributed by atoms with Gasteiger partial charge in [0.2, 0.25) is 5.91 Å². The molecule has 1 amide bonds. The van der Waals surface area contributed by atoms with Gasteiger partial charge in [-0.25, -0.2) is 0 Å². The van der Waals surface area contributed by atoms with E-state index >= 15 is 0 Å². The van der Waals surface area contributed by atoms with Crippen LogP contribution in [0.4, 0.5) is 11.4 Å². The summed E-state index contributed by atoms with van der Waals surface area (Å²) in [6, 6.07) is 6.05. The predicted octanol–water partition coefficient (Wildman–Crippen LogP) is 3.02. The van der Waals surface area contributed by atoms with Crippen LogP contribution in [0.3, 0.4) is 0 Å². The monoisotopic (exact) mass is 311 g/mol. The second-order valence-corrected chi connectivity index (χ2v) is 5.37. The van der Waals surface area contributed by atoms with Crippen molar-refractivity contribution in [2.75, 3.05) is 5.32 Å². The Morgan fingerprint density at radius 2 is 2.20 bits per heavy atom. The highest BCUT2D eigenvalue weighted by molar-refractivity contribution is 7.10. The zero-order chi connectivity index (χ0) is 14.7. The molecule has 8 heteroatoms. The lowest BCUT2D eigenvalue weighted by Gasteiger charge is -2.05. The molecule has 0 aliphatic heterocycles. The Bertz CT molecular complexity index is 672. The van der Waals surface area contributed by atoms with Crippen LogP contribution in [0.1, 0.15) is 15.2 Å². The topological polar surface area (TPSA) is 98.3 Å². The maximum atomic E-state index is 11.0. The van der Waals surface area contributed by atoms with Gasteiger partial charge in [0, 0.05) is 27.9 Å². The SMILES string of the molecule is NC(=O)c1csc(CNc2ccc(Cl)cc2[N+](=O)[O-])c1. The summed E-state index contributed by atoms with van der Waals surface area (Å²) >= 11 is 7.09. The summed E-state index contributed by atoms with van der Waals surface area (Å²) < 4.78 is 0. The van der Waals surface area contributed by atoms with Gasteiger partial charge < -0.3 is 11.1 Å². The number of rotatable bonds is 5. The molecule has 2 aromatic rings. The van der Waals surface area contributed by atoms with Crippen molar-refractivity contribution < 1.29 is 9.72 Å². The van der Waals surface area contributed by atoms with Crippen LogP contribution in [-0.2, 0) is 6.54 Å². The molecule has 0 spiro atoms. The lowest BCUT2D eigenvalue weighted by atomic mass is 10.2. The van der Waals surface area contributed by atoms with Gasteiger partial charge in [0.1, 0.15) is 5.69 Å². The van der Waals surface area contributed by atoms with Gasteiger partial charge in [-0.2, -0.15) is 0 Å². The predicted molar refractivity (Wildman–Crippen MR) is 78.3 cm³/mol. The number of carbonyl (C=O) groups excluding carboxylic acids is 1. The van der Waals surface area contributed by atoms with E-state index in [0.29, 0.717) is 22.8 Å². The number of nitrogens with one attached hydrogen (secondary N) is 1. The summed E-state index contributed by atoms with van der Waals surface area (Å²) in [6.07, 6.45) is 0. The lowest BCUT2D eigenvalue weighted by molar-refractivity contribution is -0.383. The molecule has 0 fully saturated rings. The summed E-state index contributed by atoms with van der Waals surface area (Å²) in [5.74, 6) is -0.495. The summed E-state index contributed by atoms with van der Waals surface area (Å²) in [5, 5.41) is 15.8. The van der Waals surface area contributed by atoms with Crippen LogP contribution in [0.15, 0.2) is 29.6 Å². The van der Waals surface area contributed by atoms with E-state index in [4.69, 9.17) is 17.3 Å². The average Bonchev–Trinajstić information content (AvgIpc) is 2.86. The van der Waals surface area contributed by atoms with E-state index in [0.717, 1.165) is 4.88 Å². The number of thiophene rings is 1. The van der Waals surface area contributed by atoms with Gasteiger partial charge in [-0.15, -0.1) is 11.3 Å². The Hall–Kier alpha value is -2.12. The van der Waals surface area contributed by atoms with Gasteiger partial charge in [-0.1, -0.05) is 11.6 Å². The van der Waals surface area contributed by atoms with Crippen LogP contribution in [0.2, 0.25) is 5.02 Å². The van der Waals surface area contributed by atoms with Gasteiger partial charge in [-0.05, 0) is 18.2 Å². The molecule has 1 heterocycles. The fraction of sp³-hybridized carbons (Fsp3) is 0.0833. The van der Waals surface area contributed by atoms with Crippen molar-refractivity contribution >= 4 is 40.2 Å². The maximum Gasteiger partial charge on any atom is 0.293 e. The number of primary amides is 1.